The third kappa shape index (κ3) is 2.69. The summed E-state index contributed by atoms with van der Waals surface area (Å²) in [6.45, 7) is 4.12. The van der Waals surface area contributed by atoms with E-state index in [1.54, 1.807) is 0 Å². The first-order chi connectivity index (χ1) is 6.55. The van der Waals surface area contributed by atoms with E-state index in [9.17, 15) is 9.90 Å². The van der Waals surface area contributed by atoms with Crippen LogP contribution in [0.4, 0.5) is 0 Å². The summed E-state index contributed by atoms with van der Waals surface area (Å²) < 4.78 is 0. The van der Waals surface area contributed by atoms with E-state index in [2.05, 4.69) is 0 Å². The Labute approximate surface area is 85.7 Å². The van der Waals surface area contributed by atoms with Crippen LogP contribution in [-0.4, -0.2) is 23.7 Å². The molecule has 0 aromatic heterocycles. The Morgan fingerprint density at radius 2 is 2.07 bits per heavy atom. The highest BCUT2D eigenvalue weighted by Gasteiger charge is 2.41. The topological polar surface area (TPSA) is 89.3 Å². The van der Waals surface area contributed by atoms with Crippen molar-refractivity contribution >= 4 is 5.97 Å². The maximum absolute atomic E-state index is 11.2. The number of carboxylic acid groups (broad SMARTS) is 1. The molecule has 0 aliphatic heterocycles. The molecule has 0 saturated carbocycles. The summed E-state index contributed by atoms with van der Waals surface area (Å²) in [6, 6.07) is -0.448. The highest BCUT2D eigenvalue weighted by Crippen LogP contribution is 2.31. The van der Waals surface area contributed by atoms with E-state index in [4.69, 9.17) is 11.5 Å². The van der Waals surface area contributed by atoms with Gasteiger partial charge in [-0.15, -0.1) is 0 Å². The molecule has 0 heterocycles. The van der Waals surface area contributed by atoms with Gasteiger partial charge in [-0.3, -0.25) is 4.79 Å². The largest absolute Gasteiger partial charge is 0.481 e. The molecule has 0 saturated heterocycles. The third-order valence-electron chi connectivity index (χ3n) is 3.00. The first kappa shape index (κ1) is 13.4. The van der Waals surface area contributed by atoms with Crippen molar-refractivity contribution in [2.24, 2.45) is 16.9 Å². The number of rotatable bonds is 7. The fraction of sp³-hybridized carbons (Fsp3) is 0.900. The molecule has 84 valence electrons. The number of aliphatic carboxylic acids is 1. The van der Waals surface area contributed by atoms with E-state index < -0.39 is 17.4 Å². The van der Waals surface area contributed by atoms with Gasteiger partial charge in [0.15, 0.2) is 0 Å². The first-order valence-electron chi connectivity index (χ1n) is 5.24. The molecule has 0 aliphatic carbocycles. The third-order valence-corrected chi connectivity index (χ3v) is 3.00. The smallest absolute Gasteiger partial charge is 0.311 e. The highest BCUT2D eigenvalue weighted by atomic mass is 16.4. The van der Waals surface area contributed by atoms with Gasteiger partial charge in [-0.25, -0.2) is 0 Å². The van der Waals surface area contributed by atoms with E-state index in [1.165, 1.54) is 0 Å². The molecule has 0 spiro atoms. The second-order valence-corrected chi connectivity index (χ2v) is 3.76. The average Bonchev–Trinajstić information content (AvgIpc) is 2.18. The number of unbranched alkanes of at least 4 members (excludes halogenated alkanes) is 1. The summed E-state index contributed by atoms with van der Waals surface area (Å²) in [7, 11) is 0. The summed E-state index contributed by atoms with van der Waals surface area (Å²) in [4.78, 5) is 11.2. The van der Waals surface area contributed by atoms with Crippen molar-refractivity contribution in [1.82, 2.24) is 0 Å². The maximum atomic E-state index is 11.2. The van der Waals surface area contributed by atoms with Crippen molar-refractivity contribution in [2.75, 3.05) is 6.54 Å². The molecular weight excluding hydrogens is 180 g/mol. The van der Waals surface area contributed by atoms with Crippen LogP contribution in [0.5, 0.6) is 0 Å². The molecule has 4 heteroatoms. The van der Waals surface area contributed by atoms with E-state index >= 15 is 0 Å². The summed E-state index contributed by atoms with van der Waals surface area (Å²) in [5, 5.41) is 9.22. The zero-order valence-electron chi connectivity index (χ0n) is 9.12. The van der Waals surface area contributed by atoms with Gasteiger partial charge in [-0.2, -0.15) is 0 Å². The molecule has 4 nitrogen and oxygen atoms in total. The van der Waals surface area contributed by atoms with Gasteiger partial charge >= 0.3 is 5.97 Å². The predicted molar refractivity (Wildman–Crippen MR) is 56.9 cm³/mol. The number of hydrogen-bond acceptors (Lipinski definition) is 3. The standard InChI is InChI=1S/C10H22N2O2/c1-3-5-6-10(4-2,9(13)14)8(12)7-11/h8H,3-7,11-12H2,1-2H3,(H,13,14). The lowest BCUT2D eigenvalue weighted by atomic mass is 9.74. The molecule has 0 aromatic rings. The maximum Gasteiger partial charge on any atom is 0.311 e. The van der Waals surface area contributed by atoms with Crippen LogP contribution in [0.25, 0.3) is 0 Å². The van der Waals surface area contributed by atoms with Crippen LogP contribution < -0.4 is 11.5 Å². The molecule has 14 heavy (non-hydrogen) atoms. The zero-order valence-corrected chi connectivity index (χ0v) is 9.12. The Hall–Kier alpha value is -0.610. The van der Waals surface area contributed by atoms with Crippen molar-refractivity contribution in [3.63, 3.8) is 0 Å². The summed E-state index contributed by atoms with van der Waals surface area (Å²) in [6.07, 6.45) is 3.02. The highest BCUT2D eigenvalue weighted by molar-refractivity contribution is 5.75. The first-order valence-corrected chi connectivity index (χ1v) is 5.24. The fourth-order valence-corrected chi connectivity index (χ4v) is 1.76. The van der Waals surface area contributed by atoms with Gasteiger partial charge in [0.2, 0.25) is 0 Å². The minimum Gasteiger partial charge on any atom is -0.481 e. The summed E-state index contributed by atoms with van der Waals surface area (Å²) in [5.41, 5.74) is 10.4. The van der Waals surface area contributed by atoms with Crippen LogP contribution in [0.3, 0.4) is 0 Å². The Bertz CT molecular complexity index is 185. The minimum absolute atomic E-state index is 0.226. The Kier molecular flexibility index (Phi) is 5.72. The van der Waals surface area contributed by atoms with Gasteiger partial charge in [0, 0.05) is 12.6 Å². The second kappa shape index (κ2) is 5.98. The van der Waals surface area contributed by atoms with Crippen molar-refractivity contribution in [1.29, 1.82) is 0 Å². The molecule has 0 amide bonds. The van der Waals surface area contributed by atoms with Crippen molar-refractivity contribution < 1.29 is 9.90 Å². The van der Waals surface area contributed by atoms with Gasteiger partial charge in [0.25, 0.3) is 0 Å². The lowest BCUT2D eigenvalue weighted by Crippen LogP contribution is -2.51. The Morgan fingerprint density at radius 1 is 1.50 bits per heavy atom. The number of nitrogens with two attached hydrogens (primary N) is 2. The molecule has 0 fully saturated rings. The number of carboxylic acids is 1. The molecule has 2 unspecified atom stereocenters. The Balaban J connectivity index is 4.69. The minimum atomic E-state index is -0.829. The van der Waals surface area contributed by atoms with Crippen LogP contribution in [0.1, 0.15) is 39.5 Å². The lowest BCUT2D eigenvalue weighted by Gasteiger charge is -2.33. The van der Waals surface area contributed by atoms with Crippen LogP contribution in [0.15, 0.2) is 0 Å². The number of carbonyl (C=O) groups is 1. The molecular formula is C10H22N2O2. The van der Waals surface area contributed by atoms with Crippen molar-refractivity contribution in [2.45, 2.75) is 45.6 Å². The van der Waals surface area contributed by atoms with Gasteiger partial charge in [-0.05, 0) is 12.8 Å². The van der Waals surface area contributed by atoms with E-state index in [0.717, 1.165) is 12.8 Å². The lowest BCUT2D eigenvalue weighted by molar-refractivity contribution is -0.151. The monoisotopic (exact) mass is 202 g/mol. The molecule has 0 aromatic carbocycles. The van der Waals surface area contributed by atoms with Crippen LogP contribution >= 0.6 is 0 Å². The normalized spacial score (nSPS) is 17.4. The van der Waals surface area contributed by atoms with Gasteiger partial charge in [0.1, 0.15) is 0 Å². The quantitative estimate of drug-likeness (QED) is 0.573. The zero-order chi connectivity index (χ0) is 11.2. The fourth-order valence-electron chi connectivity index (χ4n) is 1.76. The van der Waals surface area contributed by atoms with E-state index in [-0.39, 0.29) is 6.54 Å². The molecule has 0 bridgehead atoms. The van der Waals surface area contributed by atoms with Crippen molar-refractivity contribution in [3.05, 3.63) is 0 Å². The van der Waals surface area contributed by atoms with Gasteiger partial charge < -0.3 is 16.6 Å². The average molecular weight is 202 g/mol. The summed E-state index contributed by atoms with van der Waals surface area (Å²) >= 11 is 0. The Morgan fingerprint density at radius 3 is 2.36 bits per heavy atom. The van der Waals surface area contributed by atoms with E-state index in [0.29, 0.717) is 12.8 Å². The van der Waals surface area contributed by atoms with Crippen LogP contribution in [-0.2, 0) is 4.79 Å². The summed E-state index contributed by atoms with van der Waals surface area (Å²) in [5.74, 6) is -0.814. The predicted octanol–water partition coefficient (Wildman–Crippen LogP) is 0.944. The SMILES string of the molecule is CCCCC(CC)(C(=O)O)C(N)CN. The second-order valence-electron chi connectivity index (χ2n) is 3.76. The van der Waals surface area contributed by atoms with Gasteiger partial charge in [0.05, 0.1) is 5.41 Å². The van der Waals surface area contributed by atoms with Crippen LogP contribution in [0.2, 0.25) is 0 Å². The molecule has 5 N–H and O–H groups in total. The molecule has 0 aliphatic rings. The van der Waals surface area contributed by atoms with Crippen molar-refractivity contribution in [3.8, 4) is 0 Å². The molecule has 0 radical (unpaired) electrons. The number of hydrogen-bond donors (Lipinski definition) is 3. The van der Waals surface area contributed by atoms with E-state index in [1.807, 2.05) is 13.8 Å². The molecule has 0 rings (SSSR count). The van der Waals surface area contributed by atoms with Crippen LogP contribution in [0, 0.1) is 5.41 Å². The molecule has 2 atom stereocenters. The van der Waals surface area contributed by atoms with Gasteiger partial charge in [-0.1, -0.05) is 26.7 Å².